The highest BCUT2D eigenvalue weighted by Crippen LogP contribution is 2.53. The van der Waals surface area contributed by atoms with Crippen molar-refractivity contribution >= 4 is 0 Å². The largest absolute Gasteiger partial charge is 0.498 e. The quantitative estimate of drug-likeness (QED) is 0.0648. The lowest BCUT2D eigenvalue weighted by Gasteiger charge is -2.36. The molecule has 42 heteroatoms. The first kappa shape index (κ1) is 56.4. The van der Waals surface area contributed by atoms with E-state index >= 15 is 0 Å². The third-order valence-corrected chi connectivity index (χ3v) is 4.24. The Morgan fingerprint density at radius 2 is 0.356 bits per heavy atom. The number of aliphatic hydroxyl groups is 2. The molecule has 12 nitrogen and oxygen atoms in total. The third-order valence-electron chi connectivity index (χ3n) is 4.24. The second-order valence-electron chi connectivity index (χ2n) is 9.06. The van der Waals surface area contributed by atoms with Gasteiger partial charge in [-0.25, -0.2) is 47.4 Å². The normalized spacial score (nSPS) is 16.3. The SMILES string of the molecule is OCC(F)(F)OC(F)(F)OC(F)(F)OC(F)(F)OC(F)(F)OC(F)(F)OC(F)(F)C(F)(F)OC(F)(F)C(F)(F)OC(F)(F)C(F)(F)OC(F)(F)C(F)(F)OC(F)(F)CO. The van der Waals surface area contributed by atoms with Crippen LogP contribution in [0.5, 0.6) is 0 Å². The lowest BCUT2D eigenvalue weighted by molar-refractivity contribution is -0.639. The van der Waals surface area contributed by atoms with Gasteiger partial charge < -0.3 is 10.2 Å². The van der Waals surface area contributed by atoms with Crippen LogP contribution in [0.3, 0.4) is 0 Å². The van der Waals surface area contributed by atoms with Crippen molar-refractivity contribution in [2.24, 2.45) is 0 Å². The molecule has 0 saturated carbocycles. The van der Waals surface area contributed by atoms with Crippen LogP contribution in [0.25, 0.3) is 0 Å². The first-order chi connectivity index (χ1) is 25.2. The molecule has 0 amide bonds. The standard InChI is InChI=1S/C17H6F30O12/c18-3(19,1-48)50-5(22,23)6(24,25)52-7(26,27)8(28,29)53-9(30,31)10(32,33)54-11(34,35)12(36,37)55-14(40,41)57-16(44,45)59-17(46,47)58-15(42,43)56-13(38,39)51-4(20,21)2-49/h48-49H,1-2H2. The molecular weight excluding hydrogens is 966 g/mol. The predicted molar refractivity (Wildman–Crippen MR) is 99.2 cm³/mol. The van der Waals surface area contributed by atoms with Crippen LogP contribution in [0.15, 0.2) is 0 Å². The summed E-state index contributed by atoms with van der Waals surface area (Å²) >= 11 is 0. The Labute approximate surface area is 296 Å². The molecule has 356 valence electrons. The summed E-state index contributed by atoms with van der Waals surface area (Å²) in [5.41, 5.74) is 0. The van der Waals surface area contributed by atoms with Crippen molar-refractivity contribution in [2.45, 2.75) is 92.6 Å². The molecule has 0 aliphatic rings. The van der Waals surface area contributed by atoms with Gasteiger partial charge in [0.1, 0.15) is 13.2 Å². The molecule has 0 radical (unpaired) electrons. The van der Waals surface area contributed by atoms with Gasteiger partial charge in [-0.2, -0.15) is 87.8 Å². The van der Waals surface area contributed by atoms with Crippen molar-refractivity contribution in [3.63, 3.8) is 0 Å². The van der Waals surface area contributed by atoms with E-state index in [1.54, 1.807) is 14.2 Å². The molecule has 0 aromatic rings. The highest BCUT2D eigenvalue weighted by molar-refractivity contribution is 4.80. The molecule has 0 saturated heterocycles. The van der Waals surface area contributed by atoms with Gasteiger partial charge in [-0.05, 0) is 0 Å². The zero-order valence-electron chi connectivity index (χ0n) is 25.2. The summed E-state index contributed by atoms with van der Waals surface area (Å²) in [5, 5.41) is 15.8. The van der Waals surface area contributed by atoms with Crippen LogP contribution >= 0.6 is 0 Å². The molecule has 0 aromatic carbocycles. The molecule has 0 atom stereocenters. The van der Waals surface area contributed by atoms with Crippen molar-refractivity contribution in [3.8, 4) is 0 Å². The Morgan fingerprint density at radius 1 is 0.203 bits per heavy atom. The number of halogens is 30. The Kier molecular flexibility index (Phi) is 15.9. The van der Waals surface area contributed by atoms with Gasteiger partial charge in [-0.15, -0.1) is 43.9 Å². The molecule has 0 aliphatic heterocycles. The number of ether oxygens (including phenoxy) is 10. The molecule has 0 rings (SSSR count). The highest BCUT2D eigenvalue weighted by atomic mass is 19.4. The van der Waals surface area contributed by atoms with E-state index in [9.17, 15) is 132 Å². The molecule has 0 spiro atoms. The van der Waals surface area contributed by atoms with Gasteiger partial charge in [0.15, 0.2) is 0 Å². The maximum absolute atomic E-state index is 13.5. The maximum atomic E-state index is 13.5. The molecule has 0 unspecified atom stereocenters. The van der Waals surface area contributed by atoms with Crippen LogP contribution in [0.4, 0.5) is 132 Å². The van der Waals surface area contributed by atoms with Crippen LogP contribution in [0, 0.1) is 0 Å². The lowest BCUT2D eigenvalue weighted by atomic mass is 10.4. The van der Waals surface area contributed by atoms with Gasteiger partial charge in [0.2, 0.25) is 0 Å². The summed E-state index contributed by atoms with van der Waals surface area (Å²) in [7, 11) is 0. The summed E-state index contributed by atoms with van der Waals surface area (Å²) in [4.78, 5) is 0. The molecule has 0 aliphatic carbocycles. The minimum Gasteiger partial charge on any atom is -0.387 e. The van der Waals surface area contributed by atoms with Gasteiger partial charge in [0.05, 0.1) is 0 Å². The summed E-state index contributed by atoms with van der Waals surface area (Å²) in [6, 6.07) is 0. The molecule has 59 heavy (non-hydrogen) atoms. The number of alkyl halides is 30. The number of hydrogen-bond acceptors (Lipinski definition) is 12. The van der Waals surface area contributed by atoms with E-state index in [2.05, 4.69) is 0 Å². The van der Waals surface area contributed by atoms with Crippen LogP contribution < -0.4 is 0 Å². The van der Waals surface area contributed by atoms with Gasteiger partial charge in [0, 0.05) is 0 Å². The predicted octanol–water partition coefficient (Wildman–Crippen LogP) is 7.82. The van der Waals surface area contributed by atoms with E-state index in [-0.39, 0.29) is 0 Å². The van der Waals surface area contributed by atoms with E-state index in [1.165, 1.54) is 18.9 Å². The Morgan fingerprint density at radius 3 is 0.576 bits per heavy atom. The molecule has 0 aromatic heterocycles. The monoisotopic (exact) mass is 972 g/mol. The molecular formula is C17H6F30O12. The molecule has 0 heterocycles. The van der Waals surface area contributed by atoms with Gasteiger partial charge in [-0.3, -0.25) is 0 Å². The lowest BCUT2D eigenvalue weighted by Crippen LogP contribution is -2.61. The Hall–Kier alpha value is -2.58. The first-order valence-electron chi connectivity index (χ1n) is 12.1. The first-order valence-corrected chi connectivity index (χ1v) is 12.1. The summed E-state index contributed by atoms with van der Waals surface area (Å²) in [6.45, 7) is -5.88. The van der Waals surface area contributed by atoms with E-state index < -0.39 is 106 Å². The van der Waals surface area contributed by atoms with Gasteiger partial charge in [0.25, 0.3) is 0 Å². The van der Waals surface area contributed by atoms with Crippen LogP contribution in [-0.4, -0.2) is 116 Å². The second kappa shape index (κ2) is 16.6. The average molecular weight is 972 g/mol. The Bertz CT molecular complexity index is 1390. The third kappa shape index (κ3) is 16.0. The minimum atomic E-state index is -8.31. The van der Waals surface area contributed by atoms with Crippen LogP contribution in [0.1, 0.15) is 0 Å². The van der Waals surface area contributed by atoms with Crippen molar-refractivity contribution < 1.29 is 189 Å². The summed E-state index contributed by atoms with van der Waals surface area (Å²) in [5.74, 6) is 0. The van der Waals surface area contributed by atoms with Gasteiger partial charge >= 0.3 is 92.6 Å². The maximum Gasteiger partial charge on any atom is 0.498 e. The van der Waals surface area contributed by atoms with Crippen molar-refractivity contribution in [1.82, 2.24) is 0 Å². The highest BCUT2D eigenvalue weighted by Gasteiger charge is 2.79. The smallest absolute Gasteiger partial charge is 0.387 e. The average Bonchev–Trinajstić information content (AvgIpc) is 2.86. The fourth-order valence-electron chi connectivity index (χ4n) is 2.19. The number of rotatable bonds is 26. The second-order valence-corrected chi connectivity index (χ2v) is 9.06. The summed E-state index contributed by atoms with van der Waals surface area (Å²) < 4.78 is 411. The van der Waals surface area contributed by atoms with E-state index in [0.717, 1.165) is 9.47 Å². The fraction of sp³-hybridized carbons (Fsp3) is 1.00. The fourth-order valence-corrected chi connectivity index (χ4v) is 2.19. The van der Waals surface area contributed by atoms with Crippen molar-refractivity contribution in [2.75, 3.05) is 13.2 Å². The Balaban J connectivity index is 6.12. The van der Waals surface area contributed by atoms with Crippen molar-refractivity contribution in [1.29, 1.82) is 0 Å². The molecule has 0 fully saturated rings. The van der Waals surface area contributed by atoms with Crippen LogP contribution in [0.2, 0.25) is 0 Å². The molecule has 0 bridgehead atoms. The topological polar surface area (TPSA) is 133 Å². The summed E-state index contributed by atoms with van der Waals surface area (Å²) in [6.07, 6.45) is -112. The zero-order chi connectivity index (χ0) is 48.0. The van der Waals surface area contributed by atoms with E-state index in [1.807, 2.05) is 4.74 Å². The minimum absolute atomic E-state index is 1.12. The van der Waals surface area contributed by atoms with E-state index in [4.69, 9.17) is 10.2 Å². The number of hydrogen-bond donors (Lipinski definition) is 2. The van der Waals surface area contributed by atoms with Gasteiger partial charge in [-0.1, -0.05) is 0 Å². The number of aliphatic hydroxyl groups excluding tert-OH is 2. The zero-order valence-corrected chi connectivity index (χ0v) is 25.2. The molecule has 2 N–H and O–H groups in total. The van der Waals surface area contributed by atoms with Crippen molar-refractivity contribution in [3.05, 3.63) is 0 Å². The van der Waals surface area contributed by atoms with E-state index in [0.29, 0.717) is 0 Å². The van der Waals surface area contributed by atoms with Crippen LogP contribution in [-0.2, 0) is 47.4 Å².